The van der Waals surface area contributed by atoms with Crippen LogP contribution in [0.25, 0.3) is 0 Å². The lowest BCUT2D eigenvalue weighted by atomic mass is 9.84. The highest BCUT2D eigenvalue weighted by atomic mass is 16.4. The second-order valence-corrected chi connectivity index (χ2v) is 8.18. The maximum atomic E-state index is 12.7. The molecule has 0 bridgehead atoms. The van der Waals surface area contributed by atoms with Crippen molar-refractivity contribution in [2.75, 3.05) is 6.54 Å². The van der Waals surface area contributed by atoms with Crippen molar-refractivity contribution in [3.8, 4) is 0 Å². The molecule has 0 aliphatic carbocycles. The van der Waals surface area contributed by atoms with Crippen molar-refractivity contribution in [3.63, 3.8) is 0 Å². The fourth-order valence-corrected chi connectivity index (χ4v) is 2.56. The zero-order valence-corrected chi connectivity index (χ0v) is 16.7. The Bertz CT molecular complexity index is 542. The van der Waals surface area contributed by atoms with Gasteiger partial charge in [0.2, 0.25) is 17.7 Å². The minimum absolute atomic E-state index is 0.0210. The van der Waals surface area contributed by atoms with E-state index in [1.165, 1.54) is 0 Å². The van der Waals surface area contributed by atoms with Gasteiger partial charge in [0.25, 0.3) is 0 Å². The van der Waals surface area contributed by atoms with Gasteiger partial charge in [-0.15, -0.1) is 0 Å². The molecule has 9 heteroatoms. The third-order valence-corrected chi connectivity index (χ3v) is 4.02. The Hall–Kier alpha value is -2.16. The third kappa shape index (κ3) is 9.37. The number of aliphatic hydroxyl groups is 1. The number of rotatable bonds is 11. The van der Waals surface area contributed by atoms with Crippen LogP contribution < -0.4 is 16.4 Å². The Morgan fingerprint density at radius 1 is 1.07 bits per heavy atom. The smallest absolute Gasteiger partial charge is 0.303 e. The van der Waals surface area contributed by atoms with E-state index in [1.54, 1.807) is 20.8 Å². The topological polar surface area (TPSA) is 159 Å². The summed E-state index contributed by atoms with van der Waals surface area (Å²) in [5.41, 5.74) is 4.49. The summed E-state index contributed by atoms with van der Waals surface area (Å²) in [6.07, 6.45) is -1.23. The van der Waals surface area contributed by atoms with E-state index in [-0.39, 0.29) is 31.7 Å². The second kappa shape index (κ2) is 10.9. The van der Waals surface area contributed by atoms with Gasteiger partial charge < -0.3 is 26.6 Å². The predicted octanol–water partition coefficient (Wildman–Crippen LogP) is 0.00680. The molecular weight excluding hydrogens is 354 g/mol. The molecule has 0 aromatic rings. The first kappa shape index (κ1) is 24.8. The van der Waals surface area contributed by atoms with E-state index >= 15 is 0 Å². The molecule has 27 heavy (non-hydrogen) atoms. The molecule has 0 saturated heterocycles. The van der Waals surface area contributed by atoms with Crippen LogP contribution in [-0.4, -0.2) is 52.6 Å². The molecule has 0 fully saturated rings. The van der Waals surface area contributed by atoms with E-state index in [1.807, 2.05) is 13.8 Å². The van der Waals surface area contributed by atoms with Gasteiger partial charge >= 0.3 is 5.97 Å². The zero-order chi connectivity index (χ0) is 21.4. The molecule has 0 rings (SSSR count). The van der Waals surface area contributed by atoms with Crippen molar-refractivity contribution in [2.24, 2.45) is 23.0 Å². The maximum Gasteiger partial charge on any atom is 0.303 e. The summed E-state index contributed by atoms with van der Waals surface area (Å²) in [7, 11) is 0. The summed E-state index contributed by atoms with van der Waals surface area (Å²) in [6.45, 7) is 9.12. The molecule has 0 aliphatic heterocycles. The number of aliphatic carboxylic acids is 1. The number of carboxylic acids is 1. The highest BCUT2D eigenvalue weighted by molar-refractivity contribution is 5.92. The maximum absolute atomic E-state index is 12.7. The fourth-order valence-electron chi connectivity index (χ4n) is 2.56. The molecule has 0 aromatic heterocycles. The quantitative estimate of drug-likeness (QED) is 0.314. The number of nitrogens with one attached hydrogen (secondary N) is 2. The molecule has 0 aromatic carbocycles. The molecule has 6 N–H and O–H groups in total. The Morgan fingerprint density at radius 3 is 2.04 bits per heavy atom. The highest BCUT2D eigenvalue weighted by Crippen LogP contribution is 2.22. The van der Waals surface area contributed by atoms with Gasteiger partial charge in [-0.25, -0.2) is 0 Å². The lowest BCUT2D eigenvalue weighted by Crippen LogP contribution is -2.56. The summed E-state index contributed by atoms with van der Waals surface area (Å²) < 4.78 is 0. The molecule has 0 spiro atoms. The molecule has 3 atom stereocenters. The lowest BCUT2D eigenvalue weighted by molar-refractivity contribution is -0.141. The average Bonchev–Trinajstić information content (AvgIpc) is 2.51. The monoisotopic (exact) mass is 387 g/mol. The van der Waals surface area contributed by atoms with Crippen LogP contribution in [0.1, 0.15) is 53.9 Å². The fraction of sp³-hybridized carbons (Fsp3) is 0.778. The van der Waals surface area contributed by atoms with Crippen LogP contribution in [0.5, 0.6) is 0 Å². The van der Waals surface area contributed by atoms with Gasteiger partial charge in [-0.2, -0.15) is 0 Å². The largest absolute Gasteiger partial charge is 0.481 e. The summed E-state index contributed by atoms with van der Waals surface area (Å²) >= 11 is 0. The van der Waals surface area contributed by atoms with Crippen LogP contribution in [-0.2, 0) is 19.2 Å². The number of carbonyl (C=O) groups excluding carboxylic acids is 3. The number of nitrogens with two attached hydrogens (primary N) is 1. The van der Waals surface area contributed by atoms with Crippen molar-refractivity contribution in [3.05, 3.63) is 0 Å². The van der Waals surface area contributed by atoms with E-state index in [2.05, 4.69) is 10.6 Å². The Kier molecular flexibility index (Phi) is 9.99. The lowest BCUT2D eigenvalue weighted by Gasteiger charge is -2.32. The number of amides is 3. The summed E-state index contributed by atoms with van der Waals surface area (Å²) in [5, 5.41) is 23.9. The van der Waals surface area contributed by atoms with Crippen molar-refractivity contribution < 1.29 is 29.4 Å². The normalized spacial score (nSPS) is 14.9. The zero-order valence-electron chi connectivity index (χ0n) is 16.7. The van der Waals surface area contributed by atoms with Gasteiger partial charge in [-0.05, 0) is 24.2 Å². The second-order valence-electron chi connectivity index (χ2n) is 8.18. The molecule has 0 saturated carbocycles. The third-order valence-electron chi connectivity index (χ3n) is 4.02. The predicted molar refractivity (Wildman–Crippen MR) is 99.4 cm³/mol. The molecule has 0 aliphatic rings. The minimum Gasteiger partial charge on any atom is -0.481 e. The van der Waals surface area contributed by atoms with E-state index in [4.69, 9.17) is 10.8 Å². The van der Waals surface area contributed by atoms with Crippen molar-refractivity contribution in [1.82, 2.24) is 10.6 Å². The summed E-state index contributed by atoms with van der Waals surface area (Å²) in [5.74, 6) is -4.09. The van der Waals surface area contributed by atoms with E-state index < -0.39 is 47.2 Å². The summed E-state index contributed by atoms with van der Waals surface area (Å²) in [4.78, 5) is 47.0. The number of aliphatic hydroxyl groups excluding tert-OH is 1. The van der Waals surface area contributed by atoms with Gasteiger partial charge in [0, 0.05) is 13.0 Å². The van der Waals surface area contributed by atoms with Gasteiger partial charge in [0.1, 0.15) is 12.1 Å². The number of hydrogen-bond donors (Lipinski definition) is 5. The van der Waals surface area contributed by atoms with E-state index in [0.29, 0.717) is 0 Å². The van der Waals surface area contributed by atoms with Crippen LogP contribution in [0, 0.1) is 17.3 Å². The highest BCUT2D eigenvalue weighted by Gasteiger charge is 2.37. The average molecular weight is 387 g/mol. The number of primary amides is 1. The van der Waals surface area contributed by atoms with Crippen molar-refractivity contribution in [1.29, 1.82) is 0 Å². The van der Waals surface area contributed by atoms with Crippen LogP contribution in [0.2, 0.25) is 0 Å². The van der Waals surface area contributed by atoms with Crippen molar-refractivity contribution >= 4 is 23.7 Å². The first-order chi connectivity index (χ1) is 12.3. The summed E-state index contributed by atoms with van der Waals surface area (Å²) in [6, 6.07) is -0.926. The van der Waals surface area contributed by atoms with E-state index in [9.17, 15) is 24.3 Å². The number of hydrogen-bond acceptors (Lipinski definition) is 5. The Balaban J connectivity index is 5.19. The molecule has 1 unspecified atom stereocenters. The van der Waals surface area contributed by atoms with Crippen molar-refractivity contribution in [2.45, 2.75) is 66.0 Å². The standard InChI is InChI=1S/C18H33N3O6/c1-10(2)9-11(13(24)15(19)25)16(26)21-14(18(3,4)5)17(27)20-8-6-7-12(22)23/h10-11,13-14,24H,6-9H2,1-5H3,(H2,19,25)(H,20,27)(H,21,26)(H,22,23)/t11-,13?,14-/m1/s1. The van der Waals surface area contributed by atoms with Gasteiger partial charge in [0.15, 0.2) is 0 Å². The van der Waals surface area contributed by atoms with Crippen LogP contribution in [0.3, 0.4) is 0 Å². The van der Waals surface area contributed by atoms with Gasteiger partial charge in [0.05, 0.1) is 5.92 Å². The van der Waals surface area contributed by atoms with Gasteiger partial charge in [-0.1, -0.05) is 34.6 Å². The Morgan fingerprint density at radius 2 is 1.63 bits per heavy atom. The van der Waals surface area contributed by atoms with Crippen LogP contribution in [0.4, 0.5) is 0 Å². The van der Waals surface area contributed by atoms with Gasteiger partial charge in [-0.3, -0.25) is 19.2 Å². The molecule has 0 heterocycles. The Labute approximate surface area is 160 Å². The van der Waals surface area contributed by atoms with E-state index in [0.717, 1.165) is 0 Å². The number of carboxylic acid groups (broad SMARTS) is 1. The molecule has 9 nitrogen and oxygen atoms in total. The first-order valence-electron chi connectivity index (χ1n) is 9.04. The molecule has 3 amide bonds. The number of carbonyl (C=O) groups is 4. The first-order valence-corrected chi connectivity index (χ1v) is 9.04. The minimum atomic E-state index is -1.65. The van der Waals surface area contributed by atoms with Crippen LogP contribution in [0.15, 0.2) is 0 Å². The molecular formula is C18H33N3O6. The molecule has 0 radical (unpaired) electrons. The van der Waals surface area contributed by atoms with Crippen LogP contribution >= 0.6 is 0 Å². The SMILES string of the molecule is CC(C)C[C@@H](C(=O)N[C@H](C(=O)NCCCC(=O)O)C(C)(C)C)C(O)C(N)=O. The molecule has 156 valence electrons.